The van der Waals surface area contributed by atoms with Gasteiger partial charge in [-0.3, -0.25) is 4.79 Å². The number of carbonyl (C=O) groups is 1. The number of nitrogens with one attached hydrogen (secondary N) is 2. The Labute approximate surface area is 157 Å². The first-order valence-corrected chi connectivity index (χ1v) is 8.70. The lowest BCUT2D eigenvalue weighted by Crippen LogP contribution is -2.41. The van der Waals surface area contributed by atoms with Crippen molar-refractivity contribution in [2.75, 3.05) is 27.3 Å². The Bertz CT molecular complexity index is 815. The quantitative estimate of drug-likeness (QED) is 0.796. The zero-order valence-electron chi connectivity index (χ0n) is 14.9. The second kappa shape index (κ2) is 7.99. The zero-order chi connectivity index (χ0) is 18.7. The average Bonchev–Trinajstić information content (AvgIpc) is 2.66. The van der Waals surface area contributed by atoms with Gasteiger partial charge in [-0.2, -0.15) is 0 Å². The van der Waals surface area contributed by atoms with E-state index >= 15 is 0 Å². The fourth-order valence-electron chi connectivity index (χ4n) is 2.99. The largest absolute Gasteiger partial charge is 0.494 e. The smallest absolute Gasteiger partial charge is 0.269 e. The van der Waals surface area contributed by atoms with Crippen LogP contribution in [0.5, 0.6) is 5.75 Å². The van der Waals surface area contributed by atoms with Gasteiger partial charge in [0.15, 0.2) is 0 Å². The molecule has 26 heavy (non-hydrogen) atoms. The molecule has 2 aromatic rings. The molecule has 8 heteroatoms. The second-order valence-electron chi connectivity index (χ2n) is 5.99. The molecular weight excluding hydrogens is 356 g/mol. The van der Waals surface area contributed by atoms with Crippen LogP contribution in [0.25, 0.3) is 11.3 Å². The van der Waals surface area contributed by atoms with Crippen LogP contribution in [-0.2, 0) is 4.74 Å². The predicted molar refractivity (Wildman–Crippen MR) is 98.6 cm³/mol. The number of rotatable bonds is 4. The lowest BCUT2D eigenvalue weighted by atomic mass is 10.0. The van der Waals surface area contributed by atoms with Gasteiger partial charge >= 0.3 is 0 Å². The molecule has 0 unspecified atom stereocenters. The molecule has 1 aliphatic heterocycles. The van der Waals surface area contributed by atoms with E-state index in [4.69, 9.17) is 21.1 Å². The van der Waals surface area contributed by atoms with Gasteiger partial charge in [0.05, 0.1) is 31.7 Å². The van der Waals surface area contributed by atoms with Crippen LogP contribution < -0.4 is 15.4 Å². The number of aromatic nitrogens is 2. The maximum atomic E-state index is 11.9. The van der Waals surface area contributed by atoms with E-state index in [9.17, 15) is 4.79 Å². The number of pyridine rings is 2. The Balaban J connectivity index is 2.07. The highest BCUT2D eigenvalue weighted by atomic mass is 35.5. The lowest BCUT2D eigenvalue weighted by Gasteiger charge is -2.30. The second-order valence-corrected chi connectivity index (χ2v) is 6.38. The van der Waals surface area contributed by atoms with Crippen LogP contribution in [0.1, 0.15) is 29.1 Å². The first-order valence-electron chi connectivity index (χ1n) is 8.32. The van der Waals surface area contributed by atoms with Gasteiger partial charge in [-0.25, -0.2) is 9.97 Å². The summed E-state index contributed by atoms with van der Waals surface area (Å²) in [5.41, 5.74) is 2.43. The number of methoxy groups -OCH3 is 1. The molecular formula is C18H21ClN4O3. The summed E-state index contributed by atoms with van der Waals surface area (Å²) < 4.78 is 11.3. The summed E-state index contributed by atoms with van der Waals surface area (Å²) in [6, 6.07) is 5.50. The van der Waals surface area contributed by atoms with E-state index in [1.54, 1.807) is 26.3 Å². The van der Waals surface area contributed by atoms with Crippen LogP contribution in [0.4, 0.5) is 0 Å². The molecule has 0 saturated carbocycles. The van der Waals surface area contributed by atoms with E-state index in [0.29, 0.717) is 28.8 Å². The minimum atomic E-state index is -0.287. The normalized spacial score (nSPS) is 19.8. The van der Waals surface area contributed by atoms with Gasteiger partial charge < -0.3 is 20.1 Å². The number of morpholine rings is 1. The summed E-state index contributed by atoms with van der Waals surface area (Å²) in [4.78, 5) is 20.5. The summed E-state index contributed by atoms with van der Waals surface area (Å²) in [5.74, 6) is 0.221. The van der Waals surface area contributed by atoms with Crippen LogP contribution in [-0.4, -0.2) is 49.2 Å². The van der Waals surface area contributed by atoms with E-state index < -0.39 is 0 Å². The number of nitrogens with zero attached hydrogens (tertiary/aromatic N) is 2. The number of halogens is 1. The third-order valence-electron chi connectivity index (χ3n) is 4.29. The summed E-state index contributed by atoms with van der Waals surface area (Å²) in [5, 5.41) is 6.29. The topological polar surface area (TPSA) is 85.4 Å². The molecule has 7 nitrogen and oxygen atoms in total. The van der Waals surface area contributed by atoms with Crippen molar-refractivity contribution in [2.24, 2.45) is 0 Å². The van der Waals surface area contributed by atoms with Crippen LogP contribution in [0.3, 0.4) is 0 Å². The van der Waals surface area contributed by atoms with Crippen LogP contribution in [0, 0.1) is 0 Å². The van der Waals surface area contributed by atoms with Gasteiger partial charge in [0.25, 0.3) is 5.91 Å². The van der Waals surface area contributed by atoms with E-state index in [-0.39, 0.29) is 23.7 Å². The first-order chi connectivity index (χ1) is 12.5. The molecule has 0 aliphatic carbocycles. The third kappa shape index (κ3) is 3.80. The molecule has 1 saturated heterocycles. The van der Waals surface area contributed by atoms with Gasteiger partial charge in [-0.1, -0.05) is 11.6 Å². The minimum absolute atomic E-state index is 0.130. The lowest BCUT2D eigenvalue weighted by molar-refractivity contribution is -0.000236. The molecule has 3 rings (SSSR count). The molecule has 0 spiro atoms. The Morgan fingerprint density at radius 3 is 2.92 bits per heavy atom. The van der Waals surface area contributed by atoms with Gasteiger partial charge in [0.2, 0.25) is 0 Å². The summed E-state index contributed by atoms with van der Waals surface area (Å²) in [6.45, 7) is 3.51. The Hall–Kier alpha value is -2.22. The van der Waals surface area contributed by atoms with E-state index in [0.717, 1.165) is 12.1 Å². The first kappa shape index (κ1) is 18.6. The van der Waals surface area contributed by atoms with Gasteiger partial charge in [-0.05, 0) is 30.7 Å². The van der Waals surface area contributed by atoms with Crippen molar-refractivity contribution < 1.29 is 14.3 Å². The monoisotopic (exact) mass is 376 g/mol. The SMILES string of the molecule is CNC(=O)c1cc(-c2cc([C@H]3OCCN[C@@H]3C)cc(Cl)n2)c(OC)cn1. The third-order valence-corrected chi connectivity index (χ3v) is 4.48. The van der Waals surface area contributed by atoms with Gasteiger partial charge in [0.1, 0.15) is 16.6 Å². The standard InChI is InChI=1S/C18H21ClN4O3/c1-10-17(26-5-4-21-10)11-6-13(23-16(19)7-11)12-8-14(18(24)20-2)22-9-15(12)25-3/h6-10,17,21H,4-5H2,1-3H3,(H,20,24)/t10-,17+/m1/s1. The molecule has 2 aromatic heterocycles. The molecule has 1 fully saturated rings. The zero-order valence-corrected chi connectivity index (χ0v) is 15.6. The fraction of sp³-hybridized carbons (Fsp3) is 0.389. The molecule has 0 radical (unpaired) electrons. The fourth-order valence-corrected chi connectivity index (χ4v) is 3.20. The van der Waals surface area contributed by atoms with Crippen molar-refractivity contribution in [1.82, 2.24) is 20.6 Å². The van der Waals surface area contributed by atoms with Crippen molar-refractivity contribution >= 4 is 17.5 Å². The van der Waals surface area contributed by atoms with Crippen LogP contribution >= 0.6 is 11.6 Å². The van der Waals surface area contributed by atoms with Crippen molar-refractivity contribution in [3.8, 4) is 17.0 Å². The molecule has 0 aromatic carbocycles. The number of ether oxygens (including phenoxy) is 2. The Morgan fingerprint density at radius 2 is 2.23 bits per heavy atom. The summed E-state index contributed by atoms with van der Waals surface area (Å²) >= 11 is 6.27. The van der Waals surface area contributed by atoms with Crippen LogP contribution in [0.2, 0.25) is 5.15 Å². The number of hydrogen-bond donors (Lipinski definition) is 2. The molecule has 0 bridgehead atoms. The molecule has 138 valence electrons. The highest BCUT2D eigenvalue weighted by Gasteiger charge is 2.25. The Kier molecular flexibility index (Phi) is 5.70. The predicted octanol–water partition coefficient (Wildman–Crippen LogP) is 2.21. The van der Waals surface area contributed by atoms with Crippen LogP contribution in [0.15, 0.2) is 24.4 Å². The van der Waals surface area contributed by atoms with E-state index in [1.807, 2.05) is 6.07 Å². The van der Waals surface area contributed by atoms with Crippen molar-refractivity contribution in [3.05, 3.63) is 40.8 Å². The highest BCUT2D eigenvalue weighted by molar-refractivity contribution is 6.29. The number of amides is 1. The summed E-state index contributed by atoms with van der Waals surface area (Å²) in [7, 11) is 3.10. The maximum Gasteiger partial charge on any atom is 0.269 e. The van der Waals surface area contributed by atoms with E-state index in [2.05, 4.69) is 27.5 Å². The van der Waals surface area contributed by atoms with Gasteiger partial charge in [-0.15, -0.1) is 0 Å². The molecule has 3 heterocycles. The molecule has 1 aliphatic rings. The Morgan fingerprint density at radius 1 is 1.42 bits per heavy atom. The number of carbonyl (C=O) groups excluding carboxylic acids is 1. The highest BCUT2D eigenvalue weighted by Crippen LogP contribution is 2.33. The van der Waals surface area contributed by atoms with Crippen molar-refractivity contribution in [1.29, 1.82) is 0 Å². The summed E-state index contributed by atoms with van der Waals surface area (Å²) in [6.07, 6.45) is 1.37. The van der Waals surface area contributed by atoms with E-state index in [1.165, 1.54) is 6.20 Å². The molecule has 2 atom stereocenters. The average molecular weight is 377 g/mol. The van der Waals surface area contributed by atoms with Crippen molar-refractivity contribution in [3.63, 3.8) is 0 Å². The van der Waals surface area contributed by atoms with Crippen molar-refractivity contribution in [2.45, 2.75) is 19.1 Å². The van der Waals surface area contributed by atoms with Gasteiger partial charge in [0, 0.05) is 25.2 Å². The minimum Gasteiger partial charge on any atom is -0.494 e. The number of hydrogen-bond acceptors (Lipinski definition) is 6. The maximum absolute atomic E-state index is 11.9. The molecule has 2 N–H and O–H groups in total. The molecule has 1 amide bonds.